The van der Waals surface area contributed by atoms with E-state index in [1.165, 1.54) is 12.8 Å². The molecule has 0 amide bonds. The zero-order valence-corrected chi connectivity index (χ0v) is 14.4. The number of halogens is 3. The van der Waals surface area contributed by atoms with Crippen molar-refractivity contribution in [1.82, 2.24) is 10.2 Å². The third-order valence-electron chi connectivity index (χ3n) is 4.89. The van der Waals surface area contributed by atoms with Crippen molar-refractivity contribution >= 4 is 0 Å². The first kappa shape index (κ1) is 19.8. The predicted molar refractivity (Wildman–Crippen MR) is 86.0 cm³/mol. The fourth-order valence-corrected chi connectivity index (χ4v) is 3.59. The Labute approximate surface area is 133 Å². The fourth-order valence-electron chi connectivity index (χ4n) is 3.59. The molecule has 132 valence electrons. The number of hydrogen-bond acceptors (Lipinski definition) is 2. The summed E-state index contributed by atoms with van der Waals surface area (Å²) in [4.78, 5) is 2.30. The molecule has 2 fully saturated rings. The van der Waals surface area contributed by atoms with Crippen molar-refractivity contribution in [2.24, 2.45) is 5.92 Å². The molecule has 0 aromatic rings. The SMILES string of the molecule is CC.CCCNC1CCC(N2CCC(C(F)(F)F)CC2)CC1. The zero-order chi connectivity index (χ0) is 16.6. The lowest BCUT2D eigenvalue weighted by Gasteiger charge is -2.41. The van der Waals surface area contributed by atoms with Crippen molar-refractivity contribution in [1.29, 1.82) is 0 Å². The van der Waals surface area contributed by atoms with Crippen LogP contribution in [0.1, 0.15) is 65.7 Å². The van der Waals surface area contributed by atoms with Crippen LogP contribution >= 0.6 is 0 Å². The Balaban J connectivity index is 0.00000116. The third kappa shape index (κ3) is 6.07. The van der Waals surface area contributed by atoms with Gasteiger partial charge in [-0.2, -0.15) is 13.2 Å². The Morgan fingerprint density at radius 2 is 1.50 bits per heavy atom. The van der Waals surface area contributed by atoms with E-state index in [1.54, 1.807) is 0 Å². The van der Waals surface area contributed by atoms with Crippen molar-refractivity contribution in [3.8, 4) is 0 Å². The van der Waals surface area contributed by atoms with Gasteiger partial charge >= 0.3 is 6.18 Å². The topological polar surface area (TPSA) is 15.3 Å². The van der Waals surface area contributed by atoms with E-state index in [0.717, 1.165) is 25.8 Å². The van der Waals surface area contributed by atoms with Crippen LogP contribution in [0.4, 0.5) is 13.2 Å². The average molecular weight is 322 g/mol. The maximum atomic E-state index is 12.7. The molecular formula is C17H33F3N2. The van der Waals surface area contributed by atoms with Crippen molar-refractivity contribution in [3.05, 3.63) is 0 Å². The summed E-state index contributed by atoms with van der Waals surface area (Å²) in [5.41, 5.74) is 0. The summed E-state index contributed by atoms with van der Waals surface area (Å²) in [7, 11) is 0. The van der Waals surface area contributed by atoms with Crippen LogP contribution < -0.4 is 5.32 Å². The van der Waals surface area contributed by atoms with Gasteiger partial charge in [-0.3, -0.25) is 0 Å². The Hall–Kier alpha value is -0.290. The second kappa shape index (κ2) is 9.76. The van der Waals surface area contributed by atoms with Crippen LogP contribution in [0.2, 0.25) is 0 Å². The van der Waals surface area contributed by atoms with Gasteiger partial charge in [0.1, 0.15) is 0 Å². The van der Waals surface area contributed by atoms with Crippen LogP contribution in [0, 0.1) is 5.92 Å². The average Bonchev–Trinajstić information content (AvgIpc) is 2.55. The van der Waals surface area contributed by atoms with Crippen LogP contribution in [0.15, 0.2) is 0 Å². The lowest BCUT2D eigenvalue weighted by molar-refractivity contribution is -0.186. The van der Waals surface area contributed by atoms with Gasteiger partial charge in [0.05, 0.1) is 5.92 Å². The molecule has 22 heavy (non-hydrogen) atoms. The monoisotopic (exact) mass is 322 g/mol. The van der Waals surface area contributed by atoms with Gasteiger partial charge in [-0.05, 0) is 64.6 Å². The van der Waals surface area contributed by atoms with Gasteiger partial charge in [0.25, 0.3) is 0 Å². The van der Waals surface area contributed by atoms with E-state index in [2.05, 4.69) is 17.1 Å². The Bertz CT molecular complexity index is 278. The summed E-state index contributed by atoms with van der Waals surface area (Å²) in [5, 5.41) is 3.55. The molecule has 1 N–H and O–H groups in total. The molecule has 0 aromatic carbocycles. The molecular weight excluding hydrogens is 289 g/mol. The Kier molecular flexibility index (Phi) is 8.77. The van der Waals surface area contributed by atoms with Crippen LogP contribution in [0.5, 0.6) is 0 Å². The number of hydrogen-bond donors (Lipinski definition) is 1. The van der Waals surface area contributed by atoms with E-state index in [4.69, 9.17) is 0 Å². The molecule has 0 unspecified atom stereocenters. The summed E-state index contributed by atoms with van der Waals surface area (Å²) in [6, 6.07) is 1.14. The van der Waals surface area contributed by atoms with Crippen LogP contribution in [0.25, 0.3) is 0 Å². The highest BCUT2D eigenvalue weighted by atomic mass is 19.4. The molecule has 0 atom stereocenters. The molecule has 1 heterocycles. The highest BCUT2D eigenvalue weighted by Gasteiger charge is 2.42. The highest BCUT2D eigenvalue weighted by Crippen LogP contribution is 2.36. The molecule has 2 nitrogen and oxygen atoms in total. The van der Waals surface area contributed by atoms with Crippen LogP contribution in [0.3, 0.4) is 0 Å². The molecule has 1 saturated heterocycles. The number of likely N-dealkylation sites (tertiary alicyclic amines) is 1. The summed E-state index contributed by atoms with van der Waals surface area (Å²) in [5.74, 6) is -1.07. The quantitative estimate of drug-likeness (QED) is 0.814. The predicted octanol–water partition coefficient (Wildman–Crippen LogP) is 4.60. The van der Waals surface area contributed by atoms with Gasteiger partial charge in [-0.1, -0.05) is 20.8 Å². The summed E-state index contributed by atoms with van der Waals surface area (Å²) < 4.78 is 38.0. The molecule has 1 saturated carbocycles. The van der Waals surface area contributed by atoms with Gasteiger partial charge in [0.2, 0.25) is 0 Å². The summed E-state index contributed by atoms with van der Waals surface area (Å²) in [6.45, 7) is 8.50. The van der Waals surface area contributed by atoms with E-state index in [0.29, 0.717) is 25.2 Å². The molecule has 0 spiro atoms. The largest absolute Gasteiger partial charge is 0.391 e. The lowest BCUT2D eigenvalue weighted by atomic mass is 9.87. The lowest BCUT2D eigenvalue weighted by Crippen LogP contribution is -2.47. The second-order valence-corrected chi connectivity index (χ2v) is 6.31. The smallest absolute Gasteiger partial charge is 0.314 e. The van der Waals surface area contributed by atoms with Gasteiger partial charge < -0.3 is 10.2 Å². The van der Waals surface area contributed by atoms with Gasteiger partial charge in [0, 0.05) is 12.1 Å². The van der Waals surface area contributed by atoms with Crippen LogP contribution in [-0.2, 0) is 0 Å². The van der Waals surface area contributed by atoms with Gasteiger partial charge in [-0.15, -0.1) is 0 Å². The molecule has 1 aliphatic heterocycles. The molecule has 2 aliphatic rings. The maximum absolute atomic E-state index is 12.7. The molecule has 2 rings (SSSR count). The molecule has 5 heteroatoms. The minimum Gasteiger partial charge on any atom is -0.314 e. The highest BCUT2D eigenvalue weighted by molar-refractivity contribution is 4.86. The van der Waals surface area contributed by atoms with Crippen molar-refractivity contribution < 1.29 is 13.2 Å². The Morgan fingerprint density at radius 1 is 0.955 bits per heavy atom. The zero-order valence-electron chi connectivity index (χ0n) is 14.4. The molecule has 1 aliphatic carbocycles. The van der Waals surface area contributed by atoms with Gasteiger partial charge in [0.15, 0.2) is 0 Å². The number of nitrogens with one attached hydrogen (secondary N) is 1. The molecule has 0 aromatic heterocycles. The molecule has 0 bridgehead atoms. The first-order valence-corrected chi connectivity index (χ1v) is 9.05. The van der Waals surface area contributed by atoms with E-state index in [1.807, 2.05) is 13.8 Å². The third-order valence-corrected chi connectivity index (χ3v) is 4.89. The first-order chi connectivity index (χ1) is 10.5. The number of alkyl halides is 3. The minimum atomic E-state index is -3.99. The van der Waals surface area contributed by atoms with Crippen LogP contribution in [-0.4, -0.2) is 42.8 Å². The van der Waals surface area contributed by atoms with Crippen molar-refractivity contribution in [2.45, 2.75) is 84.0 Å². The van der Waals surface area contributed by atoms with E-state index in [9.17, 15) is 13.2 Å². The number of nitrogens with zero attached hydrogens (tertiary/aromatic N) is 1. The maximum Gasteiger partial charge on any atom is 0.391 e. The van der Waals surface area contributed by atoms with E-state index >= 15 is 0 Å². The standard InChI is InChI=1S/C15H27F3N2.C2H6/c1-2-9-19-13-3-5-14(6-4-13)20-10-7-12(8-11-20)15(16,17)18;1-2/h12-14,19H,2-11H2,1H3;1-2H3. The normalized spacial score (nSPS) is 28.1. The van der Waals surface area contributed by atoms with Crippen molar-refractivity contribution in [2.75, 3.05) is 19.6 Å². The second-order valence-electron chi connectivity index (χ2n) is 6.31. The first-order valence-electron chi connectivity index (χ1n) is 9.05. The number of rotatable bonds is 4. The Morgan fingerprint density at radius 3 is 1.95 bits per heavy atom. The van der Waals surface area contributed by atoms with Crippen molar-refractivity contribution in [3.63, 3.8) is 0 Å². The minimum absolute atomic E-state index is 0.289. The summed E-state index contributed by atoms with van der Waals surface area (Å²) in [6.07, 6.45) is 2.36. The van der Waals surface area contributed by atoms with E-state index < -0.39 is 12.1 Å². The van der Waals surface area contributed by atoms with E-state index in [-0.39, 0.29) is 12.8 Å². The number of piperidine rings is 1. The summed E-state index contributed by atoms with van der Waals surface area (Å²) >= 11 is 0. The molecule has 0 radical (unpaired) electrons. The fraction of sp³-hybridized carbons (Fsp3) is 1.00. The van der Waals surface area contributed by atoms with Gasteiger partial charge in [-0.25, -0.2) is 0 Å².